The third kappa shape index (κ3) is 3.98. The number of benzene rings is 2. The van der Waals surface area contributed by atoms with Crippen molar-refractivity contribution in [1.29, 1.82) is 0 Å². The van der Waals surface area contributed by atoms with E-state index >= 15 is 0 Å². The van der Waals surface area contributed by atoms with E-state index in [1.165, 1.54) is 27.6 Å². The van der Waals surface area contributed by atoms with E-state index in [9.17, 15) is 13.2 Å². The summed E-state index contributed by atoms with van der Waals surface area (Å²) >= 11 is 6.32. The van der Waals surface area contributed by atoms with Crippen LogP contribution in [0.3, 0.4) is 0 Å². The van der Waals surface area contributed by atoms with Gasteiger partial charge in [-0.1, -0.05) is 29.3 Å². The molecule has 33 heavy (non-hydrogen) atoms. The lowest BCUT2D eigenvalue weighted by molar-refractivity contribution is 0.0730. The monoisotopic (exact) mass is 489 g/mol. The number of aryl methyl sites for hydroxylation is 1. The van der Waals surface area contributed by atoms with Gasteiger partial charge in [0.25, 0.3) is 5.91 Å². The number of anilines is 1. The number of hydrogen-bond acceptors (Lipinski definition) is 5. The van der Waals surface area contributed by atoms with Gasteiger partial charge < -0.3 is 14.5 Å². The zero-order valence-corrected chi connectivity index (χ0v) is 20.4. The molecule has 0 saturated carbocycles. The Morgan fingerprint density at radius 1 is 1.09 bits per heavy atom. The van der Waals surface area contributed by atoms with Gasteiger partial charge in [0.1, 0.15) is 4.90 Å². The van der Waals surface area contributed by atoms with Crippen LogP contribution >= 0.6 is 11.6 Å². The molecule has 9 heteroatoms. The lowest BCUT2D eigenvalue weighted by Gasteiger charge is -2.36. The second-order valence-corrected chi connectivity index (χ2v) is 11.4. The number of halogens is 1. The summed E-state index contributed by atoms with van der Waals surface area (Å²) in [6.45, 7) is 5.10. The zero-order chi connectivity index (χ0) is 23.3. The van der Waals surface area contributed by atoms with Gasteiger partial charge in [0.15, 0.2) is 0 Å². The Labute approximate surface area is 199 Å². The molecule has 2 saturated heterocycles. The minimum atomic E-state index is -3.83. The van der Waals surface area contributed by atoms with Crippen molar-refractivity contribution in [2.45, 2.75) is 30.2 Å². The molecule has 176 valence electrons. The third-order valence-corrected chi connectivity index (χ3v) is 9.32. The maximum Gasteiger partial charge on any atom is 0.258 e. The van der Waals surface area contributed by atoms with E-state index in [-0.39, 0.29) is 40.9 Å². The number of amides is 1. The maximum atomic E-state index is 13.8. The summed E-state index contributed by atoms with van der Waals surface area (Å²) in [6, 6.07) is 10.8. The van der Waals surface area contributed by atoms with Gasteiger partial charge in [-0.05, 0) is 56.8 Å². The van der Waals surface area contributed by atoms with Crippen LogP contribution in [0.1, 0.15) is 33.8 Å². The molecule has 0 N–H and O–H groups in total. The summed E-state index contributed by atoms with van der Waals surface area (Å²) < 4.78 is 33.2. The molecule has 2 aromatic carbocycles. The van der Waals surface area contributed by atoms with E-state index in [2.05, 4.69) is 24.9 Å². The van der Waals surface area contributed by atoms with E-state index < -0.39 is 10.0 Å². The first-order valence-electron chi connectivity index (χ1n) is 11.3. The normalized spacial score (nSPS) is 23.9. The van der Waals surface area contributed by atoms with Crippen LogP contribution < -0.4 is 4.90 Å². The number of fused-ring (bicyclic) bond motifs is 3. The molecule has 0 bridgehead atoms. The molecule has 5 rings (SSSR count). The largest absolute Gasteiger partial charge is 0.379 e. The molecule has 0 aliphatic carbocycles. The van der Waals surface area contributed by atoms with Crippen molar-refractivity contribution in [1.82, 2.24) is 9.21 Å². The summed E-state index contributed by atoms with van der Waals surface area (Å²) in [5.41, 5.74) is 3.61. The van der Waals surface area contributed by atoms with Gasteiger partial charge in [-0.2, -0.15) is 4.31 Å². The Bertz CT molecular complexity index is 1200. The topological polar surface area (TPSA) is 70.2 Å². The fourth-order valence-electron chi connectivity index (χ4n) is 5.25. The Kier molecular flexibility index (Phi) is 5.99. The number of sulfonamides is 1. The number of piperidine rings is 1. The minimum Gasteiger partial charge on any atom is -0.379 e. The molecule has 3 heterocycles. The highest BCUT2D eigenvalue weighted by Crippen LogP contribution is 2.45. The van der Waals surface area contributed by atoms with E-state index in [4.69, 9.17) is 16.3 Å². The lowest BCUT2D eigenvalue weighted by Crippen LogP contribution is -2.47. The van der Waals surface area contributed by atoms with Gasteiger partial charge in [0, 0.05) is 42.8 Å². The van der Waals surface area contributed by atoms with Crippen LogP contribution in [-0.4, -0.2) is 76.0 Å². The van der Waals surface area contributed by atoms with Crippen molar-refractivity contribution in [2.75, 3.05) is 51.3 Å². The minimum absolute atomic E-state index is 0.0276. The molecule has 7 nitrogen and oxygen atoms in total. The Hall–Kier alpha value is -1.97. The van der Waals surface area contributed by atoms with Crippen molar-refractivity contribution in [3.05, 3.63) is 58.1 Å². The SMILES string of the molecule is Cc1ccc2c(c1)[C@@H]1CN(C)CC[C@@H]1N2C(=O)c1ccc(Cl)c(S(=O)(=O)N2CCOCC2)c1. The van der Waals surface area contributed by atoms with Crippen LogP contribution in [0.25, 0.3) is 0 Å². The molecule has 3 aliphatic heterocycles. The van der Waals surface area contributed by atoms with Gasteiger partial charge in [0.2, 0.25) is 10.0 Å². The molecule has 0 unspecified atom stereocenters. The van der Waals surface area contributed by atoms with Gasteiger partial charge in [-0.15, -0.1) is 0 Å². The number of carbonyl (C=O) groups is 1. The smallest absolute Gasteiger partial charge is 0.258 e. The number of rotatable bonds is 3. The van der Waals surface area contributed by atoms with Crippen molar-refractivity contribution in [3.8, 4) is 0 Å². The maximum absolute atomic E-state index is 13.8. The van der Waals surface area contributed by atoms with Crippen LogP contribution in [0.4, 0.5) is 5.69 Å². The molecule has 1 amide bonds. The van der Waals surface area contributed by atoms with E-state index in [0.717, 1.165) is 25.2 Å². The fraction of sp³-hybridized carbons (Fsp3) is 0.458. The number of hydrogen-bond donors (Lipinski definition) is 0. The first-order chi connectivity index (χ1) is 15.8. The van der Waals surface area contributed by atoms with Crippen molar-refractivity contribution < 1.29 is 17.9 Å². The second-order valence-electron chi connectivity index (χ2n) is 9.12. The number of carbonyl (C=O) groups excluding carboxylic acids is 1. The standard InChI is InChI=1S/C24H28ClN3O4S/c1-16-3-6-21-18(13-16)19-15-26(2)8-7-22(19)28(21)24(29)17-4-5-20(25)23(14-17)33(30,31)27-9-11-32-12-10-27/h3-6,13-14,19,22H,7-12,15H2,1-2H3/t19-,22-/m0/s1. The predicted molar refractivity (Wildman–Crippen MR) is 128 cm³/mol. The van der Waals surface area contributed by atoms with Crippen molar-refractivity contribution in [2.24, 2.45) is 0 Å². The molecule has 0 spiro atoms. The van der Waals surface area contributed by atoms with E-state index in [0.29, 0.717) is 18.8 Å². The Morgan fingerprint density at radius 2 is 1.85 bits per heavy atom. The predicted octanol–water partition coefficient (Wildman–Crippen LogP) is 3.12. The van der Waals surface area contributed by atoms with Crippen LogP contribution in [0.15, 0.2) is 41.3 Å². The molecular formula is C24H28ClN3O4S. The lowest BCUT2D eigenvalue weighted by atomic mass is 9.88. The van der Waals surface area contributed by atoms with Gasteiger partial charge in [-0.3, -0.25) is 4.79 Å². The van der Waals surface area contributed by atoms with E-state index in [1.54, 1.807) is 6.07 Å². The molecule has 3 aliphatic rings. The average molecular weight is 490 g/mol. The van der Waals surface area contributed by atoms with Crippen LogP contribution in [0, 0.1) is 6.92 Å². The van der Waals surface area contributed by atoms with Gasteiger partial charge in [0.05, 0.1) is 18.2 Å². The fourth-order valence-corrected chi connectivity index (χ4v) is 7.15. The zero-order valence-electron chi connectivity index (χ0n) is 18.8. The molecule has 2 fully saturated rings. The average Bonchev–Trinajstić information content (AvgIpc) is 3.12. The highest BCUT2D eigenvalue weighted by atomic mass is 35.5. The molecular weight excluding hydrogens is 462 g/mol. The summed E-state index contributed by atoms with van der Waals surface area (Å²) in [5, 5.41) is 0.118. The number of ether oxygens (including phenoxy) is 1. The van der Waals surface area contributed by atoms with Crippen LogP contribution in [0.5, 0.6) is 0 Å². The third-order valence-electron chi connectivity index (χ3n) is 6.94. The second kappa shape index (κ2) is 8.67. The van der Waals surface area contributed by atoms with Crippen molar-refractivity contribution in [3.63, 3.8) is 0 Å². The summed E-state index contributed by atoms with van der Waals surface area (Å²) in [4.78, 5) is 18.0. The molecule has 2 aromatic rings. The highest BCUT2D eigenvalue weighted by molar-refractivity contribution is 7.89. The van der Waals surface area contributed by atoms with E-state index in [1.807, 2.05) is 17.0 Å². The first kappa shape index (κ1) is 22.8. The molecule has 2 atom stereocenters. The number of likely N-dealkylation sites (tertiary alicyclic amines) is 1. The first-order valence-corrected chi connectivity index (χ1v) is 13.1. The van der Waals surface area contributed by atoms with Gasteiger partial charge >= 0.3 is 0 Å². The summed E-state index contributed by atoms with van der Waals surface area (Å²) in [5.74, 6) is 0.0544. The van der Waals surface area contributed by atoms with Crippen LogP contribution in [-0.2, 0) is 14.8 Å². The number of nitrogens with zero attached hydrogens (tertiary/aromatic N) is 3. The molecule has 0 aromatic heterocycles. The Morgan fingerprint density at radius 3 is 2.61 bits per heavy atom. The number of likely N-dealkylation sites (N-methyl/N-ethyl adjacent to an activating group) is 1. The van der Waals surface area contributed by atoms with Crippen LogP contribution in [0.2, 0.25) is 5.02 Å². The highest BCUT2D eigenvalue weighted by Gasteiger charge is 2.44. The molecule has 0 radical (unpaired) electrons. The summed E-state index contributed by atoms with van der Waals surface area (Å²) in [7, 11) is -1.72. The Balaban J connectivity index is 1.53. The quantitative estimate of drug-likeness (QED) is 0.662. The van der Waals surface area contributed by atoms with Gasteiger partial charge in [-0.25, -0.2) is 8.42 Å². The summed E-state index contributed by atoms with van der Waals surface area (Å²) in [6.07, 6.45) is 0.868. The van der Waals surface area contributed by atoms with Crippen molar-refractivity contribution >= 4 is 33.2 Å². The number of morpholine rings is 1.